The zero-order chi connectivity index (χ0) is 26.1. The van der Waals surface area contributed by atoms with Crippen LogP contribution >= 0.6 is 0 Å². The fourth-order valence-corrected chi connectivity index (χ4v) is 7.07. The molecule has 2 amide bonds. The molecule has 4 rings (SSSR count). The number of carbonyl (C=O) groups is 2. The Morgan fingerprint density at radius 2 is 1.83 bits per heavy atom. The van der Waals surface area contributed by atoms with Gasteiger partial charge in [0.15, 0.2) is 0 Å². The molecule has 1 aromatic carbocycles. The van der Waals surface area contributed by atoms with E-state index in [4.69, 9.17) is 4.99 Å². The van der Waals surface area contributed by atoms with Gasteiger partial charge in [-0.25, -0.2) is 12.7 Å². The molecule has 0 unspecified atom stereocenters. The number of hydrogen-bond acceptors (Lipinski definition) is 5. The molecule has 1 aromatic rings. The van der Waals surface area contributed by atoms with E-state index in [0.29, 0.717) is 44.7 Å². The number of rotatable bonds is 7. The predicted octanol–water partition coefficient (Wildman–Crippen LogP) is 2.69. The third kappa shape index (κ3) is 5.83. The minimum atomic E-state index is -3.45. The lowest BCUT2D eigenvalue weighted by atomic mass is 9.82. The average Bonchev–Trinajstić information content (AvgIpc) is 3.14. The molecule has 1 saturated heterocycles. The maximum atomic E-state index is 13.1. The van der Waals surface area contributed by atoms with Crippen LogP contribution in [0.5, 0.6) is 0 Å². The molecule has 2 fully saturated rings. The molecule has 1 saturated carbocycles. The number of sulfonamides is 1. The van der Waals surface area contributed by atoms with Crippen molar-refractivity contribution in [2.75, 3.05) is 32.9 Å². The van der Waals surface area contributed by atoms with Gasteiger partial charge in [0.2, 0.25) is 15.9 Å². The molecular weight excluding hydrogens is 476 g/mol. The largest absolute Gasteiger partial charge is 0.349 e. The minimum Gasteiger partial charge on any atom is -0.349 e. The number of carbonyl (C=O) groups excluding carboxylic acids is 2. The second-order valence-electron chi connectivity index (χ2n) is 11.1. The predicted molar refractivity (Wildman–Crippen MR) is 141 cm³/mol. The summed E-state index contributed by atoms with van der Waals surface area (Å²) in [6.07, 6.45) is 6.05. The Morgan fingerprint density at radius 3 is 2.44 bits per heavy atom. The molecule has 0 aromatic heterocycles. The van der Waals surface area contributed by atoms with Crippen LogP contribution in [0.3, 0.4) is 0 Å². The van der Waals surface area contributed by atoms with Crippen LogP contribution in [0.1, 0.15) is 62.1 Å². The Labute approximate surface area is 215 Å². The smallest absolute Gasteiger partial charge is 0.253 e. The molecule has 3 aliphatic rings. The maximum absolute atomic E-state index is 13.1. The zero-order valence-electron chi connectivity index (χ0n) is 22.0. The van der Waals surface area contributed by atoms with Crippen molar-refractivity contribution in [3.8, 4) is 0 Å². The molecule has 0 bridgehead atoms. The SMILES string of the molecule is Cc1cc(CC(=O)N(C)C)ccc1CCS(=O)(=O)N1CCC2(CC1)N=C(C1CCC(C)CC1)NC2=O. The van der Waals surface area contributed by atoms with E-state index in [9.17, 15) is 18.0 Å². The van der Waals surface area contributed by atoms with Crippen molar-refractivity contribution in [1.82, 2.24) is 14.5 Å². The van der Waals surface area contributed by atoms with Gasteiger partial charge in [-0.3, -0.25) is 14.6 Å². The quantitative estimate of drug-likeness (QED) is 0.602. The summed E-state index contributed by atoms with van der Waals surface area (Å²) in [6.45, 7) is 4.86. The monoisotopic (exact) mass is 516 g/mol. The summed E-state index contributed by atoms with van der Waals surface area (Å²) in [7, 11) is 0.0189. The van der Waals surface area contributed by atoms with Crippen molar-refractivity contribution in [1.29, 1.82) is 0 Å². The fourth-order valence-electron chi connectivity index (χ4n) is 5.59. The Bertz CT molecular complexity index is 1130. The summed E-state index contributed by atoms with van der Waals surface area (Å²) >= 11 is 0. The summed E-state index contributed by atoms with van der Waals surface area (Å²) in [5.74, 6) is 1.88. The zero-order valence-corrected chi connectivity index (χ0v) is 22.9. The van der Waals surface area contributed by atoms with E-state index < -0.39 is 15.6 Å². The second kappa shape index (κ2) is 10.6. The number of piperidine rings is 1. The average molecular weight is 517 g/mol. The molecule has 1 spiro atoms. The van der Waals surface area contributed by atoms with Crippen molar-refractivity contribution in [3.63, 3.8) is 0 Å². The summed E-state index contributed by atoms with van der Waals surface area (Å²) in [4.78, 5) is 31.3. The first-order valence-electron chi connectivity index (χ1n) is 13.2. The van der Waals surface area contributed by atoms with Crippen LogP contribution in [0.15, 0.2) is 23.2 Å². The number of aryl methyl sites for hydroxylation is 2. The summed E-state index contributed by atoms with van der Waals surface area (Å²) in [5.41, 5.74) is 2.09. The van der Waals surface area contributed by atoms with Gasteiger partial charge in [-0.15, -0.1) is 0 Å². The van der Waals surface area contributed by atoms with Gasteiger partial charge in [0, 0.05) is 33.1 Å². The Balaban J connectivity index is 1.33. The van der Waals surface area contributed by atoms with Gasteiger partial charge in [-0.2, -0.15) is 0 Å². The maximum Gasteiger partial charge on any atom is 0.253 e. The molecule has 2 heterocycles. The number of nitrogens with one attached hydrogen (secondary N) is 1. The van der Waals surface area contributed by atoms with Crippen molar-refractivity contribution in [3.05, 3.63) is 34.9 Å². The number of amidine groups is 1. The van der Waals surface area contributed by atoms with Gasteiger partial charge < -0.3 is 10.2 Å². The highest BCUT2D eigenvalue weighted by molar-refractivity contribution is 7.89. The summed E-state index contributed by atoms with van der Waals surface area (Å²) < 4.78 is 27.8. The van der Waals surface area contributed by atoms with Crippen molar-refractivity contribution in [2.24, 2.45) is 16.8 Å². The lowest BCUT2D eigenvalue weighted by molar-refractivity contribution is -0.128. The highest BCUT2D eigenvalue weighted by atomic mass is 32.2. The number of aliphatic imine (C=N–C) groups is 1. The first kappa shape index (κ1) is 26.8. The lowest BCUT2D eigenvalue weighted by Crippen LogP contribution is -2.51. The molecule has 36 heavy (non-hydrogen) atoms. The van der Waals surface area contributed by atoms with Gasteiger partial charge >= 0.3 is 0 Å². The summed E-state index contributed by atoms with van der Waals surface area (Å²) in [5, 5.41) is 3.05. The van der Waals surface area contributed by atoms with E-state index in [1.165, 1.54) is 4.31 Å². The van der Waals surface area contributed by atoms with Crippen molar-refractivity contribution < 1.29 is 18.0 Å². The highest BCUT2D eigenvalue weighted by Gasteiger charge is 2.48. The van der Waals surface area contributed by atoms with Crippen LogP contribution in [0.2, 0.25) is 0 Å². The Kier molecular flexibility index (Phi) is 7.90. The minimum absolute atomic E-state index is 0.0256. The molecule has 1 N–H and O–H groups in total. The first-order chi connectivity index (χ1) is 17.0. The number of amides is 2. The number of hydrogen-bond donors (Lipinski definition) is 1. The van der Waals surface area contributed by atoms with E-state index in [0.717, 1.165) is 54.1 Å². The van der Waals surface area contributed by atoms with E-state index in [1.807, 2.05) is 25.1 Å². The highest BCUT2D eigenvalue weighted by Crippen LogP contribution is 2.36. The molecule has 198 valence electrons. The molecule has 2 aliphatic heterocycles. The first-order valence-corrected chi connectivity index (χ1v) is 14.8. The van der Waals surface area contributed by atoms with E-state index in [-0.39, 0.29) is 17.6 Å². The third-order valence-corrected chi connectivity index (χ3v) is 10.1. The van der Waals surface area contributed by atoms with Crippen molar-refractivity contribution in [2.45, 2.75) is 70.8 Å². The number of nitrogens with zero attached hydrogens (tertiary/aromatic N) is 3. The topological polar surface area (TPSA) is 99.2 Å². The van der Waals surface area contributed by atoms with Crippen LogP contribution < -0.4 is 5.32 Å². The van der Waals surface area contributed by atoms with Crippen LogP contribution in [0, 0.1) is 18.8 Å². The second-order valence-corrected chi connectivity index (χ2v) is 13.2. The van der Waals surface area contributed by atoms with Gasteiger partial charge in [0.1, 0.15) is 11.4 Å². The normalized spacial score (nSPS) is 24.4. The van der Waals surface area contributed by atoms with Gasteiger partial charge in [-0.05, 0) is 61.6 Å². The van der Waals surface area contributed by atoms with Gasteiger partial charge in [-0.1, -0.05) is 38.0 Å². The molecule has 1 aliphatic carbocycles. The molecule has 8 nitrogen and oxygen atoms in total. The Morgan fingerprint density at radius 1 is 1.17 bits per heavy atom. The fraction of sp³-hybridized carbons (Fsp3) is 0.667. The van der Waals surface area contributed by atoms with Crippen molar-refractivity contribution >= 4 is 27.7 Å². The van der Waals surface area contributed by atoms with E-state index in [1.54, 1.807) is 19.0 Å². The van der Waals surface area contributed by atoms with Gasteiger partial charge in [0.05, 0.1) is 12.2 Å². The molecule has 0 radical (unpaired) electrons. The van der Waals surface area contributed by atoms with Crippen LogP contribution in [-0.2, 0) is 32.5 Å². The molecule has 9 heteroatoms. The van der Waals surface area contributed by atoms with Gasteiger partial charge in [0.25, 0.3) is 5.91 Å². The number of benzene rings is 1. The Hall–Kier alpha value is -2.26. The summed E-state index contributed by atoms with van der Waals surface area (Å²) in [6, 6.07) is 5.80. The molecule has 0 atom stereocenters. The molecular formula is C27H40N4O4S. The van der Waals surface area contributed by atoms with Crippen LogP contribution in [0.25, 0.3) is 0 Å². The van der Waals surface area contributed by atoms with E-state index in [2.05, 4.69) is 12.2 Å². The van der Waals surface area contributed by atoms with Crippen LogP contribution in [-0.4, -0.2) is 73.7 Å². The number of likely N-dealkylation sites (N-methyl/N-ethyl adjacent to an activating group) is 1. The lowest BCUT2D eigenvalue weighted by Gasteiger charge is -2.34. The third-order valence-electron chi connectivity index (χ3n) is 8.23. The van der Waals surface area contributed by atoms with E-state index >= 15 is 0 Å². The van der Waals surface area contributed by atoms with Crippen LogP contribution in [0.4, 0.5) is 0 Å². The standard InChI is InChI=1S/C27H40N4O4S/c1-19-5-8-23(9-6-19)25-28-26(33)27(29-25)12-14-31(15-13-27)36(34,35)16-11-22-10-7-21(17-20(22)2)18-24(32)30(3)4/h7,10,17,19,23H,5-6,8-9,11-16,18H2,1-4H3,(H,28,29,33).